The summed E-state index contributed by atoms with van der Waals surface area (Å²) in [5.41, 5.74) is -0.414. The van der Waals surface area contributed by atoms with Crippen LogP contribution < -0.4 is 9.05 Å². The van der Waals surface area contributed by atoms with Crippen molar-refractivity contribution in [3.05, 3.63) is 68.8 Å². The highest BCUT2D eigenvalue weighted by molar-refractivity contribution is 8.93. The highest BCUT2D eigenvalue weighted by atomic mass is 79.9. The van der Waals surface area contributed by atoms with Crippen molar-refractivity contribution in [1.82, 2.24) is 0 Å². The van der Waals surface area contributed by atoms with Crippen molar-refractivity contribution >= 4 is 36.2 Å². The van der Waals surface area contributed by atoms with Crippen molar-refractivity contribution in [1.29, 1.82) is 0 Å². The SMILES string of the molecule is Br.O=[N+]([O-])c1ccc(OP(=O)(O)Oc2ccc([N+](=O)[O-])cc2)cc1. The molecule has 2 rings (SSSR count). The van der Waals surface area contributed by atoms with E-state index in [9.17, 15) is 29.7 Å². The molecular formula is C12H10BrN2O8P. The summed E-state index contributed by atoms with van der Waals surface area (Å²) in [6.07, 6.45) is 0. The van der Waals surface area contributed by atoms with Gasteiger partial charge in [-0.15, -0.1) is 17.0 Å². The van der Waals surface area contributed by atoms with Gasteiger partial charge in [-0.3, -0.25) is 25.1 Å². The average molecular weight is 421 g/mol. The molecule has 0 aliphatic rings. The van der Waals surface area contributed by atoms with Gasteiger partial charge in [-0.05, 0) is 24.3 Å². The van der Waals surface area contributed by atoms with Crippen LogP contribution in [0.5, 0.6) is 11.5 Å². The maximum absolute atomic E-state index is 11.8. The Kier molecular flexibility index (Phi) is 6.41. The van der Waals surface area contributed by atoms with Gasteiger partial charge in [0.05, 0.1) is 9.85 Å². The predicted octanol–water partition coefficient (Wildman–Crippen LogP) is 3.64. The molecule has 0 amide bonds. The molecule has 0 unspecified atom stereocenters. The molecule has 0 bridgehead atoms. The van der Waals surface area contributed by atoms with Crippen molar-refractivity contribution in [2.45, 2.75) is 0 Å². The van der Waals surface area contributed by atoms with Gasteiger partial charge in [-0.25, -0.2) is 4.57 Å². The van der Waals surface area contributed by atoms with E-state index in [0.29, 0.717) is 0 Å². The van der Waals surface area contributed by atoms with Crippen LogP contribution in [0.25, 0.3) is 0 Å². The van der Waals surface area contributed by atoms with Crippen molar-refractivity contribution in [2.24, 2.45) is 0 Å². The molecule has 1 N–H and O–H groups in total. The summed E-state index contributed by atoms with van der Waals surface area (Å²) in [4.78, 5) is 29.4. The van der Waals surface area contributed by atoms with Crippen LogP contribution in [-0.2, 0) is 4.57 Å². The zero-order chi connectivity index (χ0) is 17.0. The van der Waals surface area contributed by atoms with E-state index in [1.165, 1.54) is 0 Å². The third kappa shape index (κ3) is 5.30. The van der Waals surface area contributed by atoms with Crippen LogP contribution in [0.3, 0.4) is 0 Å². The van der Waals surface area contributed by atoms with Crippen LogP contribution in [0.1, 0.15) is 0 Å². The lowest BCUT2D eigenvalue weighted by molar-refractivity contribution is -0.385. The molecule has 10 nitrogen and oxygen atoms in total. The van der Waals surface area contributed by atoms with Crippen LogP contribution in [0.4, 0.5) is 11.4 Å². The number of rotatable bonds is 6. The number of phosphoric acid groups is 1. The summed E-state index contributed by atoms with van der Waals surface area (Å²) in [5, 5.41) is 21.0. The number of halogens is 1. The number of nitro benzene ring substituents is 2. The van der Waals surface area contributed by atoms with E-state index in [1.54, 1.807) is 0 Å². The van der Waals surface area contributed by atoms with E-state index in [2.05, 4.69) is 0 Å². The molecule has 0 atom stereocenters. The first-order valence-electron chi connectivity index (χ1n) is 5.98. The van der Waals surface area contributed by atoms with E-state index >= 15 is 0 Å². The minimum atomic E-state index is -4.55. The standard InChI is InChI=1S/C12H9N2O8P.BrH/c15-13(16)9-1-5-11(6-2-9)21-23(19,20)22-12-7-3-10(4-8-12)14(17)18;/h1-8H,(H,19,20);1H. The van der Waals surface area contributed by atoms with E-state index in [0.717, 1.165) is 48.5 Å². The van der Waals surface area contributed by atoms with Crippen LogP contribution in [0.15, 0.2) is 48.5 Å². The van der Waals surface area contributed by atoms with Gasteiger partial charge in [0, 0.05) is 24.3 Å². The molecule has 12 heteroatoms. The Hall–Kier alpha value is -2.49. The van der Waals surface area contributed by atoms with Gasteiger partial charge >= 0.3 is 7.82 Å². The quantitative estimate of drug-likeness (QED) is 0.423. The summed E-state index contributed by atoms with van der Waals surface area (Å²) < 4.78 is 21.3. The number of nitro groups is 2. The summed E-state index contributed by atoms with van der Waals surface area (Å²) >= 11 is 0. The van der Waals surface area contributed by atoms with Crippen molar-refractivity contribution in [3.8, 4) is 11.5 Å². The number of hydrogen-bond acceptors (Lipinski definition) is 7. The summed E-state index contributed by atoms with van der Waals surface area (Å²) in [5.74, 6) is -0.216. The van der Waals surface area contributed by atoms with E-state index in [4.69, 9.17) is 9.05 Å². The second-order valence-corrected chi connectivity index (χ2v) is 5.46. The smallest absolute Gasteiger partial charge is 0.395 e. The molecule has 128 valence electrons. The molecule has 0 heterocycles. The molecule has 2 aromatic carbocycles. The van der Waals surface area contributed by atoms with Crippen molar-refractivity contribution in [2.75, 3.05) is 0 Å². The fourth-order valence-corrected chi connectivity index (χ4v) is 2.36. The number of nitrogens with zero attached hydrogens (tertiary/aromatic N) is 2. The normalized spacial score (nSPS) is 10.4. The lowest BCUT2D eigenvalue weighted by Crippen LogP contribution is -2.00. The zero-order valence-electron chi connectivity index (χ0n) is 11.7. The van der Waals surface area contributed by atoms with E-state index in [1.807, 2.05) is 0 Å². The predicted molar refractivity (Wildman–Crippen MR) is 87.6 cm³/mol. The monoisotopic (exact) mass is 420 g/mol. The Morgan fingerprint density at radius 1 is 0.792 bits per heavy atom. The van der Waals surface area contributed by atoms with Gasteiger partial charge in [0.2, 0.25) is 0 Å². The van der Waals surface area contributed by atoms with Crippen molar-refractivity contribution in [3.63, 3.8) is 0 Å². The molecule has 0 fully saturated rings. The molecule has 0 aliphatic carbocycles. The Balaban J connectivity index is 0.00000288. The lowest BCUT2D eigenvalue weighted by Gasteiger charge is -2.13. The molecule has 0 saturated carbocycles. The molecule has 0 aliphatic heterocycles. The van der Waals surface area contributed by atoms with Crippen LogP contribution >= 0.6 is 24.8 Å². The van der Waals surface area contributed by atoms with E-state index < -0.39 is 17.7 Å². The molecule has 0 spiro atoms. The molecule has 24 heavy (non-hydrogen) atoms. The largest absolute Gasteiger partial charge is 0.584 e. The average Bonchev–Trinajstić information content (AvgIpc) is 2.47. The van der Waals surface area contributed by atoms with Crippen LogP contribution in [-0.4, -0.2) is 14.7 Å². The minimum absolute atomic E-state index is 0. The number of non-ortho nitro benzene ring substituents is 2. The van der Waals surface area contributed by atoms with Crippen LogP contribution in [0, 0.1) is 20.2 Å². The first kappa shape index (κ1) is 19.6. The highest BCUT2D eigenvalue weighted by Crippen LogP contribution is 2.44. The highest BCUT2D eigenvalue weighted by Gasteiger charge is 2.25. The molecule has 2 aromatic rings. The van der Waals surface area contributed by atoms with Crippen molar-refractivity contribution < 1.29 is 28.4 Å². The zero-order valence-corrected chi connectivity index (χ0v) is 14.3. The fourth-order valence-electron chi connectivity index (χ4n) is 1.54. The Labute approximate surface area is 145 Å². The Morgan fingerprint density at radius 3 is 1.33 bits per heavy atom. The van der Waals surface area contributed by atoms with Gasteiger partial charge < -0.3 is 9.05 Å². The summed E-state index contributed by atoms with van der Waals surface area (Å²) in [6, 6.07) is 8.95. The molecule has 0 saturated heterocycles. The summed E-state index contributed by atoms with van der Waals surface area (Å²) in [7, 11) is -4.55. The first-order chi connectivity index (χ1) is 10.8. The Morgan fingerprint density at radius 2 is 1.08 bits per heavy atom. The van der Waals surface area contributed by atoms with E-state index in [-0.39, 0.29) is 39.9 Å². The topological polar surface area (TPSA) is 142 Å². The maximum Gasteiger partial charge on any atom is 0.584 e. The molecular weight excluding hydrogens is 411 g/mol. The first-order valence-corrected chi connectivity index (χ1v) is 7.47. The minimum Gasteiger partial charge on any atom is -0.395 e. The second-order valence-electron chi connectivity index (χ2n) is 4.15. The van der Waals surface area contributed by atoms with Crippen LogP contribution in [0.2, 0.25) is 0 Å². The third-order valence-corrected chi connectivity index (χ3v) is 3.42. The number of hydrogen-bond donors (Lipinski definition) is 1. The van der Waals surface area contributed by atoms with Gasteiger partial charge in [-0.1, -0.05) is 0 Å². The van der Waals surface area contributed by atoms with Gasteiger partial charge in [0.1, 0.15) is 11.5 Å². The number of phosphoric ester groups is 1. The van der Waals surface area contributed by atoms with Gasteiger partial charge in [-0.2, -0.15) is 0 Å². The fraction of sp³-hybridized carbons (Fsp3) is 0. The second kappa shape index (κ2) is 7.86. The lowest BCUT2D eigenvalue weighted by atomic mass is 10.3. The Bertz CT molecular complexity index is 717. The van der Waals surface area contributed by atoms with Gasteiger partial charge in [0.15, 0.2) is 0 Å². The molecule has 0 radical (unpaired) electrons. The van der Waals surface area contributed by atoms with Gasteiger partial charge in [0.25, 0.3) is 11.4 Å². The third-order valence-electron chi connectivity index (χ3n) is 2.54. The summed E-state index contributed by atoms with van der Waals surface area (Å²) in [6.45, 7) is 0. The maximum atomic E-state index is 11.8. The molecule has 0 aromatic heterocycles. The number of benzene rings is 2.